The van der Waals surface area contributed by atoms with E-state index in [1.54, 1.807) is 0 Å². The van der Waals surface area contributed by atoms with E-state index in [0.29, 0.717) is 0 Å². The van der Waals surface area contributed by atoms with Gasteiger partial charge in [-0.05, 0) is 35.6 Å². The van der Waals surface area contributed by atoms with Gasteiger partial charge < -0.3 is 5.73 Å². The molecule has 0 amide bonds. The Balaban J connectivity index is 2.14. The molecule has 1 saturated carbocycles. The fourth-order valence-corrected chi connectivity index (χ4v) is 2.50. The minimum absolute atomic E-state index is 0.142. The number of rotatable bonds is 1. The molecule has 2 aromatic rings. The summed E-state index contributed by atoms with van der Waals surface area (Å²) in [5, 5.41) is 1.17. The second-order valence-corrected chi connectivity index (χ2v) is 5.44. The fraction of sp³-hybridized carbons (Fsp3) is 0.357. The van der Waals surface area contributed by atoms with Crippen molar-refractivity contribution in [3.05, 3.63) is 42.1 Å². The van der Waals surface area contributed by atoms with Crippen LogP contribution in [0.15, 0.2) is 36.5 Å². The van der Waals surface area contributed by atoms with Gasteiger partial charge in [0.2, 0.25) is 0 Å². The average Bonchev–Trinajstić information content (AvgIpc) is 2.79. The van der Waals surface area contributed by atoms with Crippen LogP contribution in [0, 0.1) is 5.41 Å². The zero-order valence-corrected chi connectivity index (χ0v) is 9.70. The summed E-state index contributed by atoms with van der Waals surface area (Å²) >= 11 is 0. The molecule has 1 aromatic carbocycles. The molecule has 0 saturated heterocycles. The molecule has 2 N–H and O–H groups in total. The van der Waals surface area contributed by atoms with Crippen LogP contribution >= 0.6 is 0 Å². The summed E-state index contributed by atoms with van der Waals surface area (Å²) in [7, 11) is 0. The topological polar surface area (TPSA) is 38.9 Å². The molecule has 1 aromatic heterocycles. The lowest BCUT2D eigenvalue weighted by Gasteiger charge is -2.15. The first-order chi connectivity index (χ1) is 7.53. The maximum absolute atomic E-state index is 6.42. The molecule has 1 atom stereocenters. The van der Waals surface area contributed by atoms with Crippen molar-refractivity contribution in [2.24, 2.45) is 11.1 Å². The van der Waals surface area contributed by atoms with Gasteiger partial charge in [-0.2, -0.15) is 0 Å². The standard InChI is InChI=1S/C14H16N2/c1-13(2)9-14(13,15)11-5-6-12-10(8-11)4-3-7-16-12/h3-8H,9,15H2,1-2H3. The maximum atomic E-state index is 6.42. The van der Waals surface area contributed by atoms with E-state index in [1.807, 2.05) is 12.3 Å². The van der Waals surface area contributed by atoms with Crippen LogP contribution in [0.3, 0.4) is 0 Å². The van der Waals surface area contributed by atoms with Crippen LogP contribution in [-0.4, -0.2) is 4.98 Å². The Morgan fingerprint density at radius 1 is 1.25 bits per heavy atom. The van der Waals surface area contributed by atoms with E-state index >= 15 is 0 Å². The number of pyridine rings is 1. The number of benzene rings is 1. The van der Waals surface area contributed by atoms with Crippen molar-refractivity contribution in [2.45, 2.75) is 25.8 Å². The monoisotopic (exact) mass is 212 g/mol. The molecule has 1 heterocycles. The van der Waals surface area contributed by atoms with Gasteiger partial charge in [-0.3, -0.25) is 4.98 Å². The molecular formula is C14H16N2. The number of hydrogen-bond acceptors (Lipinski definition) is 2. The summed E-state index contributed by atoms with van der Waals surface area (Å²) < 4.78 is 0. The summed E-state index contributed by atoms with van der Waals surface area (Å²) in [4.78, 5) is 4.32. The maximum Gasteiger partial charge on any atom is 0.0702 e. The zero-order chi connectivity index (χ0) is 11.4. The smallest absolute Gasteiger partial charge is 0.0702 e. The molecule has 2 heteroatoms. The normalized spacial score (nSPS) is 26.9. The molecule has 3 rings (SSSR count). The van der Waals surface area contributed by atoms with Crippen molar-refractivity contribution in [3.63, 3.8) is 0 Å². The average molecular weight is 212 g/mol. The second-order valence-electron chi connectivity index (χ2n) is 5.44. The highest BCUT2D eigenvalue weighted by Crippen LogP contribution is 2.60. The predicted molar refractivity (Wildman–Crippen MR) is 66.0 cm³/mol. The third kappa shape index (κ3) is 1.20. The van der Waals surface area contributed by atoms with E-state index in [2.05, 4.69) is 43.1 Å². The van der Waals surface area contributed by atoms with E-state index in [-0.39, 0.29) is 11.0 Å². The van der Waals surface area contributed by atoms with Gasteiger partial charge in [0.1, 0.15) is 0 Å². The number of nitrogens with two attached hydrogens (primary N) is 1. The summed E-state index contributed by atoms with van der Waals surface area (Å²) in [6.45, 7) is 4.45. The number of fused-ring (bicyclic) bond motifs is 1. The molecule has 0 spiro atoms. The van der Waals surface area contributed by atoms with Crippen molar-refractivity contribution < 1.29 is 0 Å². The lowest BCUT2D eigenvalue weighted by atomic mass is 9.96. The van der Waals surface area contributed by atoms with Crippen molar-refractivity contribution in [2.75, 3.05) is 0 Å². The third-order valence-electron chi connectivity index (χ3n) is 3.92. The Kier molecular flexibility index (Phi) is 1.73. The minimum atomic E-state index is -0.142. The van der Waals surface area contributed by atoms with Crippen LogP contribution in [0.4, 0.5) is 0 Å². The molecule has 1 unspecified atom stereocenters. The molecular weight excluding hydrogens is 196 g/mol. The summed E-state index contributed by atoms with van der Waals surface area (Å²) in [6, 6.07) is 10.4. The lowest BCUT2D eigenvalue weighted by Crippen LogP contribution is -2.25. The second kappa shape index (κ2) is 2.83. The Morgan fingerprint density at radius 2 is 2.00 bits per heavy atom. The van der Waals surface area contributed by atoms with Crippen LogP contribution in [0.5, 0.6) is 0 Å². The van der Waals surface area contributed by atoms with Crippen LogP contribution in [0.25, 0.3) is 10.9 Å². The molecule has 2 nitrogen and oxygen atoms in total. The van der Waals surface area contributed by atoms with Gasteiger partial charge in [0.05, 0.1) is 5.52 Å². The van der Waals surface area contributed by atoms with Gasteiger partial charge in [0.15, 0.2) is 0 Å². The van der Waals surface area contributed by atoms with Gasteiger partial charge in [-0.15, -0.1) is 0 Å². The predicted octanol–water partition coefficient (Wildman–Crippen LogP) is 2.82. The molecule has 82 valence electrons. The third-order valence-corrected chi connectivity index (χ3v) is 3.92. The largest absolute Gasteiger partial charge is 0.321 e. The molecule has 1 fully saturated rings. The SMILES string of the molecule is CC1(C)CC1(N)c1ccc2ncccc2c1. The first-order valence-electron chi connectivity index (χ1n) is 5.67. The van der Waals surface area contributed by atoms with E-state index in [1.165, 1.54) is 10.9 Å². The highest BCUT2D eigenvalue weighted by Gasteiger charge is 2.59. The Bertz CT molecular complexity index is 559. The van der Waals surface area contributed by atoms with E-state index < -0.39 is 0 Å². The zero-order valence-electron chi connectivity index (χ0n) is 9.70. The molecule has 1 aliphatic carbocycles. The highest BCUT2D eigenvalue weighted by molar-refractivity contribution is 5.79. The first kappa shape index (κ1) is 9.79. The van der Waals surface area contributed by atoms with Gasteiger partial charge in [-0.25, -0.2) is 0 Å². The Hall–Kier alpha value is -1.41. The molecule has 1 aliphatic rings. The van der Waals surface area contributed by atoms with E-state index in [9.17, 15) is 0 Å². The van der Waals surface area contributed by atoms with Crippen molar-refractivity contribution >= 4 is 10.9 Å². The highest BCUT2D eigenvalue weighted by atomic mass is 14.9. The number of hydrogen-bond donors (Lipinski definition) is 1. The molecule has 0 aliphatic heterocycles. The number of aromatic nitrogens is 1. The summed E-state index contributed by atoms with van der Waals surface area (Å²) in [5.74, 6) is 0. The lowest BCUT2D eigenvalue weighted by molar-refractivity contribution is 0.510. The van der Waals surface area contributed by atoms with Crippen molar-refractivity contribution in [1.82, 2.24) is 4.98 Å². The molecule has 0 radical (unpaired) electrons. The van der Waals surface area contributed by atoms with Crippen LogP contribution < -0.4 is 5.73 Å². The first-order valence-corrected chi connectivity index (χ1v) is 5.67. The number of nitrogens with zero attached hydrogens (tertiary/aromatic N) is 1. The van der Waals surface area contributed by atoms with Crippen molar-refractivity contribution in [1.29, 1.82) is 0 Å². The fourth-order valence-electron chi connectivity index (χ4n) is 2.50. The van der Waals surface area contributed by atoms with Crippen LogP contribution in [0.1, 0.15) is 25.8 Å². The Morgan fingerprint density at radius 3 is 2.69 bits per heavy atom. The Labute approximate surface area is 95.5 Å². The summed E-state index contributed by atoms with van der Waals surface area (Å²) in [6.07, 6.45) is 2.88. The van der Waals surface area contributed by atoms with E-state index in [0.717, 1.165) is 11.9 Å². The van der Waals surface area contributed by atoms with Gasteiger partial charge in [-0.1, -0.05) is 26.0 Å². The van der Waals surface area contributed by atoms with Crippen molar-refractivity contribution in [3.8, 4) is 0 Å². The van der Waals surface area contributed by atoms with E-state index in [4.69, 9.17) is 5.73 Å². The van der Waals surface area contributed by atoms with Crippen LogP contribution in [0.2, 0.25) is 0 Å². The molecule has 16 heavy (non-hydrogen) atoms. The van der Waals surface area contributed by atoms with Gasteiger partial charge in [0, 0.05) is 17.1 Å². The quantitative estimate of drug-likeness (QED) is 0.789. The molecule has 0 bridgehead atoms. The van der Waals surface area contributed by atoms with Gasteiger partial charge in [0.25, 0.3) is 0 Å². The summed E-state index contributed by atoms with van der Waals surface area (Å²) in [5.41, 5.74) is 8.77. The van der Waals surface area contributed by atoms with Gasteiger partial charge >= 0.3 is 0 Å². The minimum Gasteiger partial charge on any atom is -0.321 e. The van der Waals surface area contributed by atoms with Crippen LogP contribution in [-0.2, 0) is 5.54 Å².